The normalized spacial score (nSPS) is 12.4. The third-order valence-electron chi connectivity index (χ3n) is 2.10. The van der Waals surface area contributed by atoms with Crippen molar-refractivity contribution in [2.75, 3.05) is 18.6 Å². The van der Waals surface area contributed by atoms with Crippen molar-refractivity contribution in [3.8, 4) is 5.75 Å². The smallest absolute Gasteiger partial charge is 0.261 e. The highest BCUT2D eigenvalue weighted by atomic mass is 35.7. The molecule has 108 valence electrons. The first-order valence-electron chi connectivity index (χ1n) is 5.14. The van der Waals surface area contributed by atoms with Crippen LogP contribution >= 0.6 is 10.7 Å². The average Bonchev–Trinajstić information content (AvgIpc) is 2.23. The van der Waals surface area contributed by atoms with Gasteiger partial charge in [-0.1, -0.05) is 0 Å². The molecule has 0 aliphatic carbocycles. The molecule has 0 radical (unpaired) electrons. The third kappa shape index (κ3) is 5.75. The molecule has 5 nitrogen and oxygen atoms in total. The number of benzene rings is 1. The summed E-state index contributed by atoms with van der Waals surface area (Å²) in [6, 6.07) is 2.98. The van der Waals surface area contributed by atoms with Crippen molar-refractivity contribution in [1.29, 1.82) is 0 Å². The lowest BCUT2D eigenvalue weighted by molar-refractivity contribution is 0.301. The SMILES string of the molecule is CS(=O)(=O)CCCOc1ccc(S(=O)(=O)Cl)cc1F. The summed E-state index contributed by atoms with van der Waals surface area (Å²) in [6.45, 7) is 0.0109. The lowest BCUT2D eigenvalue weighted by Crippen LogP contribution is -2.08. The summed E-state index contributed by atoms with van der Waals surface area (Å²) in [5, 5.41) is 0. The fourth-order valence-corrected chi connectivity index (χ4v) is 2.66. The fraction of sp³-hybridized carbons (Fsp3) is 0.400. The van der Waals surface area contributed by atoms with Crippen molar-refractivity contribution in [3.63, 3.8) is 0 Å². The van der Waals surface area contributed by atoms with E-state index in [-0.39, 0.29) is 29.4 Å². The summed E-state index contributed by atoms with van der Waals surface area (Å²) in [5.41, 5.74) is 0. The minimum absolute atomic E-state index is 0.0109. The molecular weight excluding hydrogens is 319 g/mol. The molecule has 0 bridgehead atoms. The van der Waals surface area contributed by atoms with Crippen molar-refractivity contribution in [3.05, 3.63) is 24.0 Å². The maximum Gasteiger partial charge on any atom is 0.261 e. The first kappa shape index (κ1) is 16.2. The van der Waals surface area contributed by atoms with Crippen molar-refractivity contribution < 1.29 is 26.0 Å². The molecule has 19 heavy (non-hydrogen) atoms. The third-order valence-corrected chi connectivity index (χ3v) is 4.48. The molecule has 1 aromatic rings. The second kappa shape index (κ2) is 6.06. The van der Waals surface area contributed by atoms with E-state index in [1.54, 1.807) is 0 Å². The van der Waals surface area contributed by atoms with Crippen LogP contribution in [0.3, 0.4) is 0 Å². The molecule has 0 aliphatic heterocycles. The van der Waals surface area contributed by atoms with Gasteiger partial charge in [0.2, 0.25) is 0 Å². The minimum Gasteiger partial charge on any atom is -0.490 e. The number of hydrogen-bond acceptors (Lipinski definition) is 5. The summed E-state index contributed by atoms with van der Waals surface area (Å²) in [5.74, 6) is -1.10. The summed E-state index contributed by atoms with van der Waals surface area (Å²) in [7, 11) is -2.02. The van der Waals surface area contributed by atoms with Crippen LogP contribution in [0.5, 0.6) is 5.75 Å². The van der Waals surface area contributed by atoms with Gasteiger partial charge in [0.25, 0.3) is 9.05 Å². The van der Waals surface area contributed by atoms with E-state index < -0.39 is 24.7 Å². The first-order chi connectivity index (χ1) is 8.59. The van der Waals surface area contributed by atoms with Crippen molar-refractivity contribution in [1.82, 2.24) is 0 Å². The van der Waals surface area contributed by atoms with E-state index in [9.17, 15) is 21.2 Å². The van der Waals surface area contributed by atoms with Gasteiger partial charge < -0.3 is 4.74 Å². The molecule has 0 heterocycles. The van der Waals surface area contributed by atoms with E-state index in [1.807, 2.05) is 0 Å². The lowest BCUT2D eigenvalue weighted by atomic mass is 10.3. The van der Waals surface area contributed by atoms with E-state index >= 15 is 0 Å². The molecular formula is C10H12ClFO5S2. The molecule has 9 heteroatoms. The molecule has 0 spiro atoms. The average molecular weight is 331 g/mol. The van der Waals surface area contributed by atoms with Gasteiger partial charge in [-0.3, -0.25) is 0 Å². The maximum atomic E-state index is 13.5. The second-order valence-corrected chi connectivity index (χ2v) is 8.69. The van der Waals surface area contributed by atoms with Gasteiger partial charge in [-0.15, -0.1) is 0 Å². The van der Waals surface area contributed by atoms with Crippen LogP contribution < -0.4 is 4.74 Å². The van der Waals surface area contributed by atoms with Crippen LogP contribution in [0.4, 0.5) is 4.39 Å². The van der Waals surface area contributed by atoms with Crippen molar-refractivity contribution in [2.24, 2.45) is 0 Å². The predicted octanol–water partition coefficient (Wildman–Crippen LogP) is 1.57. The summed E-state index contributed by atoms with van der Waals surface area (Å²) >= 11 is 0. The number of hydrogen-bond donors (Lipinski definition) is 0. The Morgan fingerprint density at radius 3 is 2.37 bits per heavy atom. The molecule has 1 aromatic carbocycles. The van der Waals surface area contributed by atoms with Crippen LogP contribution in [-0.4, -0.2) is 35.5 Å². The predicted molar refractivity (Wildman–Crippen MR) is 69.3 cm³/mol. The Balaban J connectivity index is 2.66. The lowest BCUT2D eigenvalue weighted by Gasteiger charge is -2.07. The Hall–Kier alpha value is -0.860. The molecule has 1 rings (SSSR count). The van der Waals surface area contributed by atoms with Gasteiger partial charge in [-0.2, -0.15) is 0 Å². The highest BCUT2D eigenvalue weighted by molar-refractivity contribution is 8.13. The van der Waals surface area contributed by atoms with Crippen molar-refractivity contribution >= 4 is 29.6 Å². The van der Waals surface area contributed by atoms with E-state index in [4.69, 9.17) is 15.4 Å². The minimum atomic E-state index is -3.99. The van der Waals surface area contributed by atoms with Crippen LogP contribution in [0.25, 0.3) is 0 Å². The van der Waals surface area contributed by atoms with Crippen LogP contribution in [0.15, 0.2) is 23.1 Å². The van der Waals surface area contributed by atoms with Gasteiger partial charge in [-0.25, -0.2) is 21.2 Å². The Morgan fingerprint density at radius 1 is 1.26 bits per heavy atom. The molecule has 0 aliphatic rings. The standard InChI is InChI=1S/C10H12ClFO5S2/c1-18(13,14)6-2-5-17-10-4-3-8(7-9(10)12)19(11,15)16/h3-4,7H,2,5-6H2,1H3. The quantitative estimate of drug-likeness (QED) is 0.584. The molecule has 0 aromatic heterocycles. The zero-order valence-corrected chi connectivity index (χ0v) is 12.4. The van der Waals surface area contributed by atoms with Gasteiger partial charge in [0.1, 0.15) is 9.84 Å². The number of rotatable bonds is 6. The molecule has 0 amide bonds. The fourth-order valence-electron chi connectivity index (χ4n) is 1.25. The molecule has 0 atom stereocenters. The first-order valence-corrected chi connectivity index (χ1v) is 9.51. The largest absolute Gasteiger partial charge is 0.490 e. The Kier molecular flexibility index (Phi) is 5.17. The molecule has 0 unspecified atom stereocenters. The summed E-state index contributed by atoms with van der Waals surface area (Å²) in [4.78, 5) is -0.366. The summed E-state index contributed by atoms with van der Waals surface area (Å²) < 4.78 is 62.1. The maximum absolute atomic E-state index is 13.5. The second-order valence-electron chi connectivity index (χ2n) is 3.86. The molecule has 0 N–H and O–H groups in total. The number of sulfone groups is 1. The molecule has 0 saturated heterocycles. The Bertz CT molecular complexity index is 654. The van der Waals surface area contributed by atoms with Gasteiger partial charge in [0.15, 0.2) is 11.6 Å². The molecule has 0 fully saturated rings. The van der Waals surface area contributed by atoms with E-state index in [0.717, 1.165) is 24.5 Å². The van der Waals surface area contributed by atoms with Gasteiger partial charge in [0.05, 0.1) is 17.3 Å². The Labute approximate surface area is 115 Å². The van der Waals surface area contributed by atoms with Gasteiger partial charge in [-0.05, 0) is 24.6 Å². The van der Waals surface area contributed by atoms with Crippen LogP contribution in [-0.2, 0) is 18.9 Å². The number of ether oxygens (including phenoxy) is 1. The van der Waals surface area contributed by atoms with E-state index in [2.05, 4.69) is 0 Å². The zero-order valence-electron chi connectivity index (χ0n) is 9.97. The van der Waals surface area contributed by atoms with Crippen LogP contribution in [0, 0.1) is 5.82 Å². The highest BCUT2D eigenvalue weighted by Crippen LogP contribution is 2.23. The number of halogens is 2. The molecule has 0 saturated carbocycles. The monoisotopic (exact) mass is 330 g/mol. The zero-order chi connectivity index (χ0) is 14.7. The van der Waals surface area contributed by atoms with Crippen molar-refractivity contribution in [2.45, 2.75) is 11.3 Å². The van der Waals surface area contributed by atoms with Gasteiger partial charge in [0, 0.05) is 16.9 Å². The van der Waals surface area contributed by atoms with Gasteiger partial charge >= 0.3 is 0 Å². The van der Waals surface area contributed by atoms with E-state index in [0.29, 0.717) is 0 Å². The van der Waals surface area contributed by atoms with Crippen LogP contribution in [0.1, 0.15) is 6.42 Å². The van der Waals surface area contributed by atoms with E-state index in [1.165, 1.54) is 0 Å². The van der Waals surface area contributed by atoms with Crippen LogP contribution in [0.2, 0.25) is 0 Å². The summed E-state index contributed by atoms with van der Waals surface area (Å²) in [6.07, 6.45) is 1.31. The highest BCUT2D eigenvalue weighted by Gasteiger charge is 2.13. The topological polar surface area (TPSA) is 77.5 Å². The Morgan fingerprint density at radius 2 is 1.89 bits per heavy atom.